The molecule has 0 bridgehead atoms. The van der Waals surface area contributed by atoms with E-state index >= 15 is 0 Å². The van der Waals surface area contributed by atoms with Crippen LogP contribution in [0, 0.1) is 11.2 Å². The number of aromatic nitrogens is 2. The average molecular weight is 454 g/mol. The van der Waals surface area contributed by atoms with E-state index in [4.69, 9.17) is 4.98 Å². The van der Waals surface area contributed by atoms with Crippen LogP contribution in [-0.4, -0.2) is 65.3 Å². The molecule has 2 aromatic rings. The molecule has 0 N–H and O–H groups in total. The third-order valence-electron chi connectivity index (χ3n) is 6.93. The third-order valence-corrected chi connectivity index (χ3v) is 6.93. The normalized spacial score (nSPS) is 20.1. The number of carbonyl (C=O) groups is 2. The van der Waals surface area contributed by atoms with Gasteiger partial charge in [0.05, 0.1) is 30.6 Å². The van der Waals surface area contributed by atoms with Crippen LogP contribution in [0.2, 0.25) is 0 Å². The van der Waals surface area contributed by atoms with Crippen molar-refractivity contribution in [2.75, 3.05) is 38.6 Å². The summed E-state index contributed by atoms with van der Waals surface area (Å²) < 4.78 is 13.4. The SMILES string of the molecule is CN(C)c1cncc(C2CCCN2C(=O)C2(C)CCN(C(=O)Cc3cccc(F)c3)CC2)n1. The summed E-state index contributed by atoms with van der Waals surface area (Å²) in [6.07, 6.45) is 6.73. The Morgan fingerprint density at radius 2 is 1.94 bits per heavy atom. The Kier molecular flexibility index (Phi) is 6.63. The van der Waals surface area contributed by atoms with Gasteiger partial charge < -0.3 is 14.7 Å². The molecule has 2 aliphatic rings. The Balaban J connectivity index is 1.40. The topological polar surface area (TPSA) is 69.6 Å². The first-order valence-corrected chi connectivity index (χ1v) is 11.6. The molecule has 33 heavy (non-hydrogen) atoms. The molecule has 1 aromatic carbocycles. The molecule has 0 saturated carbocycles. The van der Waals surface area contributed by atoms with Gasteiger partial charge in [0.25, 0.3) is 0 Å². The fraction of sp³-hybridized carbons (Fsp3) is 0.520. The van der Waals surface area contributed by atoms with Crippen LogP contribution in [0.1, 0.15) is 49.9 Å². The van der Waals surface area contributed by atoms with E-state index in [0.717, 1.165) is 30.9 Å². The fourth-order valence-corrected chi connectivity index (χ4v) is 4.81. The van der Waals surface area contributed by atoms with E-state index < -0.39 is 5.41 Å². The Labute approximate surface area is 194 Å². The van der Waals surface area contributed by atoms with E-state index in [1.54, 1.807) is 29.4 Å². The number of nitrogens with zero attached hydrogens (tertiary/aromatic N) is 5. The molecule has 7 nitrogen and oxygen atoms in total. The number of rotatable bonds is 5. The summed E-state index contributed by atoms with van der Waals surface area (Å²) >= 11 is 0. The number of benzene rings is 1. The molecule has 8 heteroatoms. The molecule has 4 rings (SSSR count). The summed E-state index contributed by atoms with van der Waals surface area (Å²) in [5.74, 6) is 0.561. The minimum absolute atomic E-state index is 0.0232. The second kappa shape index (κ2) is 9.45. The van der Waals surface area contributed by atoms with Crippen molar-refractivity contribution in [2.45, 2.75) is 45.1 Å². The van der Waals surface area contributed by atoms with Gasteiger partial charge in [-0.3, -0.25) is 14.6 Å². The maximum atomic E-state index is 13.7. The quantitative estimate of drug-likeness (QED) is 0.695. The van der Waals surface area contributed by atoms with Gasteiger partial charge in [0, 0.05) is 39.1 Å². The predicted octanol–water partition coefficient (Wildman–Crippen LogP) is 3.22. The summed E-state index contributed by atoms with van der Waals surface area (Å²) in [5, 5.41) is 0. The molecule has 0 aliphatic carbocycles. The summed E-state index contributed by atoms with van der Waals surface area (Å²) in [6.45, 7) is 3.80. The predicted molar refractivity (Wildman–Crippen MR) is 124 cm³/mol. The van der Waals surface area contributed by atoms with E-state index in [9.17, 15) is 14.0 Å². The van der Waals surface area contributed by atoms with Crippen LogP contribution < -0.4 is 4.90 Å². The number of likely N-dealkylation sites (tertiary alicyclic amines) is 2. The minimum atomic E-state index is -0.509. The Bertz CT molecular complexity index is 1020. The van der Waals surface area contributed by atoms with Crippen molar-refractivity contribution >= 4 is 17.6 Å². The van der Waals surface area contributed by atoms with Crippen LogP contribution in [0.4, 0.5) is 10.2 Å². The fourth-order valence-electron chi connectivity index (χ4n) is 4.81. The Morgan fingerprint density at radius 1 is 1.18 bits per heavy atom. The first kappa shape index (κ1) is 23.1. The van der Waals surface area contributed by atoms with Gasteiger partial charge >= 0.3 is 0 Å². The van der Waals surface area contributed by atoms with Gasteiger partial charge in [-0.25, -0.2) is 9.37 Å². The van der Waals surface area contributed by atoms with Gasteiger partial charge in [-0.1, -0.05) is 19.1 Å². The van der Waals surface area contributed by atoms with Crippen molar-refractivity contribution in [3.8, 4) is 0 Å². The zero-order chi connectivity index (χ0) is 23.6. The lowest BCUT2D eigenvalue weighted by Gasteiger charge is -2.41. The second-order valence-corrected chi connectivity index (χ2v) is 9.60. The second-order valence-electron chi connectivity index (χ2n) is 9.60. The first-order chi connectivity index (χ1) is 15.8. The number of halogens is 1. The zero-order valence-electron chi connectivity index (χ0n) is 19.6. The molecule has 176 valence electrons. The Morgan fingerprint density at radius 3 is 2.64 bits per heavy atom. The lowest BCUT2D eigenvalue weighted by atomic mass is 9.78. The van der Waals surface area contributed by atoms with Crippen LogP contribution in [-0.2, 0) is 16.0 Å². The molecule has 2 amide bonds. The number of hydrogen-bond donors (Lipinski definition) is 0. The van der Waals surface area contributed by atoms with Crippen LogP contribution in [0.15, 0.2) is 36.7 Å². The molecule has 2 fully saturated rings. The highest BCUT2D eigenvalue weighted by molar-refractivity contribution is 5.84. The van der Waals surface area contributed by atoms with E-state index in [0.29, 0.717) is 31.5 Å². The standard InChI is InChI=1S/C25H32FN5O2/c1-25(9-12-30(13-10-25)23(32)15-18-6-4-7-19(26)14-18)24(33)31-11-5-8-21(31)20-16-27-17-22(28-20)29(2)3/h4,6-7,14,16-17,21H,5,8-13,15H2,1-3H3. The van der Waals surface area contributed by atoms with E-state index in [2.05, 4.69) is 4.98 Å². The molecule has 0 spiro atoms. The van der Waals surface area contributed by atoms with Gasteiger partial charge in [0.1, 0.15) is 11.6 Å². The van der Waals surface area contributed by atoms with Crippen LogP contribution in [0.25, 0.3) is 0 Å². The van der Waals surface area contributed by atoms with E-state index in [1.165, 1.54) is 12.1 Å². The van der Waals surface area contributed by atoms with Crippen LogP contribution in [0.5, 0.6) is 0 Å². The average Bonchev–Trinajstić information content (AvgIpc) is 3.29. The van der Waals surface area contributed by atoms with Crippen molar-refractivity contribution < 1.29 is 14.0 Å². The molecule has 1 atom stereocenters. The molecule has 1 aromatic heterocycles. The smallest absolute Gasteiger partial charge is 0.229 e. The van der Waals surface area contributed by atoms with Crippen molar-refractivity contribution in [3.05, 3.63) is 53.7 Å². The lowest BCUT2D eigenvalue weighted by molar-refractivity contribution is -0.148. The van der Waals surface area contributed by atoms with Crippen molar-refractivity contribution in [1.29, 1.82) is 0 Å². The summed E-state index contributed by atoms with van der Waals surface area (Å²) in [7, 11) is 3.85. The molecule has 2 saturated heterocycles. The van der Waals surface area contributed by atoms with Crippen molar-refractivity contribution in [2.24, 2.45) is 5.41 Å². The summed E-state index contributed by atoms with van der Waals surface area (Å²) in [5.41, 5.74) is 0.994. The number of carbonyl (C=O) groups excluding carboxylic acids is 2. The largest absolute Gasteiger partial charge is 0.361 e. The number of piperidine rings is 1. The highest BCUT2D eigenvalue weighted by Crippen LogP contribution is 2.39. The molecule has 2 aliphatic heterocycles. The molecule has 1 unspecified atom stereocenters. The van der Waals surface area contributed by atoms with Crippen LogP contribution >= 0.6 is 0 Å². The Hall–Kier alpha value is -3.03. The number of anilines is 1. The van der Waals surface area contributed by atoms with Gasteiger partial charge in [0.15, 0.2) is 0 Å². The highest BCUT2D eigenvalue weighted by atomic mass is 19.1. The summed E-state index contributed by atoms with van der Waals surface area (Å²) in [6, 6.07) is 6.10. The molecule has 3 heterocycles. The van der Waals surface area contributed by atoms with Gasteiger partial charge in [-0.05, 0) is 43.4 Å². The van der Waals surface area contributed by atoms with Crippen LogP contribution in [0.3, 0.4) is 0 Å². The summed E-state index contributed by atoms with van der Waals surface area (Å²) in [4.78, 5) is 41.1. The van der Waals surface area contributed by atoms with Crippen molar-refractivity contribution in [1.82, 2.24) is 19.8 Å². The number of amides is 2. The minimum Gasteiger partial charge on any atom is -0.361 e. The maximum Gasteiger partial charge on any atom is 0.229 e. The third kappa shape index (κ3) is 4.99. The zero-order valence-corrected chi connectivity index (χ0v) is 19.6. The molecular formula is C25H32FN5O2. The maximum absolute atomic E-state index is 13.7. The highest BCUT2D eigenvalue weighted by Gasteiger charge is 2.44. The molecule has 0 radical (unpaired) electrons. The van der Waals surface area contributed by atoms with Crippen molar-refractivity contribution in [3.63, 3.8) is 0 Å². The van der Waals surface area contributed by atoms with Gasteiger partial charge in [-0.15, -0.1) is 0 Å². The number of hydrogen-bond acceptors (Lipinski definition) is 5. The van der Waals surface area contributed by atoms with E-state index in [1.807, 2.05) is 30.8 Å². The van der Waals surface area contributed by atoms with Gasteiger partial charge in [0.2, 0.25) is 11.8 Å². The first-order valence-electron chi connectivity index (χ1n) is 11.6. The monoisotopic (exact) mass is 453 g/mol. The molecular weight excluding hydrogens is 421 g/mol. The van der Waals surface area contributed by atoms with E-state index in [-0.39, 0.29) is 30.1 Å². The lowest BCUT2D eigenvalue weighted by Crippen LogP contribution is -2.50. The van der Waals surface area contributed by atoms with Gasteiger partial charge in [-0.2, -0.15) is 0 Å².